The molecule has 0 aliphatic carbocycles. The molecule has 1 aromatic rings. The van der Waals surface area contributed by atoms with Crippen molar-refractivity contribution in [3.8, 4) is 0 Å². The monoisotopic (exact) mass is 333 g/mol. The summed E-state index contributed by atoms with van der Waals surface area (Å²) in [4.78, 5) is 11.8. The van der Waals surface area contributed by atoms with Crippen LogP contribution in [0, 0.1) is 0 Å². The van der Waals surface area contributed by atoms with Gasteiger partial charge in [-0.05, 0) is 18.4 Å². The van der Waals surface area contributed by atoms with Crippen molar-refractivity contribution in [3.05, 3.63) is 35.9 Å². The van der Waals surface area contributed by atoms with Crippen LogP contribution in [0.5, 0.6) is 0 Å². The van der Waals surface area contributed by atoms with Crippen LogP contribution < -0.4 is 4.72 Å². The molecule has 1 atom stereocenters. The Labute approximate surface area is 130 Å². The third-order valence-electron chi connectivity index (χ3n) is 2.65. The predicted molar refractivity (Wildman–Crippen MR) is 82.6 cm³/mol. The van der Waals surface area contributed by atoms with Crippen molar-refractivity contribution in [1.82, 2.24) is 4.72 Å². The zero-order valence-electron chi connectivity index (χ0n) is 11.9. The van der Waals surface area contributed by atoms with Crippen molar-refractivity contribution in [3.63, 3.8) is 0 Å². The van der Waals surface area contributed by atoms with E-state index >= 15 is 0 Å². The van der Waals surface area contributed by atoms with Gasteiger partial charge < -0.3 is 4.74 Å². The van der Waals surface area contributed by atoms with E-state index in [0.717, 1.165) is 0 Å². The molecule has 0 heterocycles. The normalized spacial score (nSPS) is 12.9. The Morgan fingerprint density at radius 3 is 2.57 bits per heavy atom. The molecule has 0 saturated carbocycles. The zero-order valence-corrected chi connectivity index (χ0v) is 13.5. The average Bonchev–Trinajstić information content (AvgIpc) is 2.44. The van der Waals surface area contributed by atoms with E-state index in [1.807, 2.05) is 13.0 Å². The number of ether oxygens (including phenoxy) is 1. The van der Waals surface area contributed by atoms with Crippen molar-refractivity contribution in [2.24, 2.45) is 0 Å². The molecule has 1 rings (SSSR count). The molecular formula is C14H20ClNO4S. The maximum atomic E-state index is 12.1. The molecule has 5 nitrogen and oxygen atoms in total. The largest absolute Gasteiger partial charge is 0.465 e. The number of nitrogens with one attached hydrogen (secondary N) is 1. The predicted octanol–water partition coefficient (Wildman–Crippen LogP) is 2.06. The van der Waals surface area contributed by atoms with Crippen LogP contribution in [0.4, 0.5) is 0 Å². The Balaban J connectivity index is 2.70. The van der Waals surface area contributed by atoms with E-state index in [2.05, 4.69) is 4.72 Å². The lowest BCUT2D eigenvalue weighted by Gasteiger charge is -2.16. The summed E-state index contributed by atoms with van der Waals surface area (Å²) >= 11 is 5.62. The number of hydrogen-bond acceptors (Lipinski definition) is 4. The highest BCUT2D eigenvalue weighted by atomic mass is 35.5. The lowest BCUT2D eigenvalue weighted by atomic mass is 10.2. The second kappa shape index (κ2) is 9.02. The first-order valence-corrected chi connectivity index (χ1v) is 8.93. The lowest BCUT2D eigenvalue weighted by molar-refractivity contribution is -0.145. The standard InChI is InChI=1S/C14H20ClNO4S/c1-2-10-20-14(17)13(8-9-15)16-21(18,19)11-12-6-4-3-5-7-12/h3-7,13,16H,2,8-11H2,1H3/t13-/m1/s1. The van der Waals surface area contributed by atoms with Gasteiger partial charge in [-0.3, -0.25) is 4.79 Å². The van der Waals surface area contributed by atoms with Crippen LogP contribution in [0.3, 0.4) is 0 Å². The average molecular weight is 334 g/mol. The molecular weight excluding hydrogens is 314 g/mol. The molecule has 0 amide bonds. The molecule has 0 aromatic heterocycles. The minimum absolute atomic E-state index is 0.166. The molecule has 118 valence electrons. The van der Waals surface area contributed by atoms with Gasteiger partial charge in [0.1, 0.15) is 6.04 Å². The molecule has 0 aliphatic heterocycles. The number of carbonyl (C=O) groups excluding carboxylic acids is 1. The number of alkyl halides is 1. The van der Waals surface area contributed by atoms with Crippen LogP contribution in [0.25, 0.3) is 0 Å². The smallest absolute Gasteiger partial charge is 0.324 e. The first-order chi connectivity index (χ1) is 9.98. The molecule has 7 heteroatoms. The Bertz CT molecular complexity index is 533. The van der Waals surface area contributed by atoms with E-state index < -0.39 is 22.0 Å². The summed E-state index contributed by atoms with van der Waals surface area (Å²) in [5, 5.41) is 0. The maximum absolute atomic E-state index is 12.1. The Kier molecular flexibility index (Phi) is 7.71. The number of sulfonamides is 1. The highest BCUT2D eigenvalue weighted by Crippen LogP contribution is 2.07. The van der Waals surface area contributed by atoms with Crippen LogP contribution in [0.15, 0.2) is 30.3 Å². The molecule has 0 spiro atoms. The molecule has 1 aromatic carbocycles. The number of benzene rings is 1. The van der Waals surface area contributed by atoms with Crippen molar-refractivity contribution in [1.29, 1.82) is 0 Å². The molecule has 0 fully saturated rings. The second-order valence-electron chi connectivity index (χ2n) is 4.56. The van der Waals surface area contributed by atoms with Crippen molar-refractivity contribution in [2.45, 2.75) is 31.6 Å². The van der Waals surface area contributed by atoms with Gasteiger partial charge in [0.25, 0.3) is 0 Å². The summed E-state index contributed by atoms with van der Waals surface area (Å²) < 4.78 is 31.5. The molecule has 0 aliphatic rings. The molecule has 0 bridgehead atoms. The molecule has 0 unspecified atom stereocenters. The van der Waals surface area contributed by atoms with Crippen molar-refractivity contribution in [2.75, 3.05) is 12.5 Å². The van der Waals surface area contributed by atoms with E-state index in [1.165, 1.54) is 0 Å². The van der Waals surface area contributed by atoms with Gasteiger partial charge in [-0.25, -0.2) is 13.1 Å². The van der Waals surface area contributed by atoms with Crippen LogP contribution >= 0.6 is 11.6 Å². The van der Waals surface area contributed by atoms with Gasteiger partial charge in [0.2, 0.25) is 10.0 Å². The van der Waals surface area contributed by atoms with Crippen molar-refractivity contribution < 1.29 is 17.9 Å². The van der Waals surface area contributed by atoms with E-state index in [4.69, 9.17) is 16.3 Å². The van der Waals surface area contributed by atoms with Gasteiger partial charge in [-0.2, -0.15) is 0 Å². The second-order valence-corrected chi connectivity index (χ2v) is 6.69. The SMILES string of the molecule is CCCOC(=O)[C@@H](CCCl)NS(=O)(=O)Cc1ccccc1. The summed E-state index contributed by atoms with van der Waals surface area (Å²) in [6, 6.07) is 7.81. The van der Waals surface area contributed by atoms with Gasteiger partial charge in [0, 0.05) is 5.88 Å². The van der Waals surface area contributed by atoms with E-state index in [-0.39, 0.29) is 24.7 Å². The Morgan fingerprint density at radius 1 is 1.33 bits per heavy atom. The zero-order chi connectivity index (χ0) is 15.7. The van der Waals surface area contributed by atoms with E-state index in [1.54, 1.807) is 24.3 Å². The highest BCUT2D eigenvalue weighted by molar-refractivity contribution is 7.88. The fourth-order valence-corrected chi connectivity index (χ4v) is 3.27. The fraction of sp³-hybridized carbons (Fsp3) is 0.500. The summed E-state index contributed by atoms with van der Waals surface area (Å²) in [7, 11) is -3.64. The van der Waals surface area contributed by atoms with Crippen LogP contribution in [0.1, 0.15) is 25.3 Å². The first-order valence-electron chi connectivity index (χ1n) is 6.75. The quantitative estimate of drug-likeness (QED) is 0.554. The number of carbonyl (C=O) groups is 1. The molecule has 0 saturated heterocycles. The number of rotatable bonds is 9. The topological polar surface area (TPSA) is 72.5 Å². The molecule has 1 N–H and O–H groups in total. The number of hydrogen-bond donors (Lipinski definition) is 1. The van der Waals surface area contributed by atoms with Gasteiger partial charge in [0.05, 0.1) is 12.4 Å². The Morgan fingerprint density at radius 2 is 2.00 bits per heavy atom. The van der Waals surface area contributed by atoms with Gasteiger partial charge in [0.15, 0.2) is 0 Å². The van der Waals surface area contributed by atoms with Gasteiger partial charge >= 0.3 is 5.97 Å². The third kappa shape index (κ3) is 6.93. The van der Waals surface area contributed by atoms with Gasteiger partial charge in [-0.15, -0.1) is 11.6 Å². The first kappa shape index (κ1) is 17.9. The number of halogens is 1. The summed E-state index contributed by atoms with van der Waals surface area (Å²) in [6.07, 6.45) is 0.869. The number of esters is 1. The minimum atomic E-state index is -3.64. The summed E-state index contributed by atoms with van der Waals surface area (Å²) in [5.74, 6) is -0.609. The van der Waals surface area contributed by atoms with E-state index in [0.29, 0.717) is 12.0 Å². The summed E-state index contributed by atoms with van der Waals surface area (Å²) in [5.41, 5.74) is 0.650. The summed E-state index contributed by atoms with van der Waals surface area (Å²) in [6.45, 7) is 2.13. The van der Waals surface area contributed by atoms with E-state index in [9.17, 15) is 13.2 Å². The third-order valence-corrected chi connectivity index (χ3v) is 4.23. The molecule has 21 heavy (non-hydrogen) atoms. The Hall–Kier alpha value is -1.11. The van der Waals surface area contributed by atoms with Crippen LogP contribution in [-0.2, 0) is 25.3 Å². The van der Waals surface area contributed by atoms with Gasteiger partial charge in [-0.1, -0.05) is 37.3 Å². The maximum Gasteiger partial charge on any atom is 0.324 e. The van der Waals surface area contributed by atoms with Crippen LogP contribution in [0.2, 0.25) is 0 Å². The van der Waals surface area contributed by atoms with Crippen molar-refractivity contribution >= 4 is 27.6 Å². The lowest BCUT2D eigenvalue weighted by Crippen LogP contribution is -2.42. The highest BCUT2D eigenvalue weighted by Gasteiger charge is 2.25. The van der Waals surface area contributed by atoms with Crippen LogP contribution in [-0.4, -0.2) is 32.9 Å². The fourth-order valence-electron chi connectivity index (χ4n) is 1.69. The molecule has 0 radical (unpaired) electrons. The minimum Gasteiger partial charge on any atom is -0.465 e.